The molecule has 6 nitrogen and oxygen atoms in total. The molecule has 0 N–H and O–H groups in total. The second kappa shape index (κ2) is 4.72. The molecule has 0 aliphatic carbocycles. The third-order valence-electron chi connectivity index (χ3n) is 2.94. The molecular formula is C13H12N2O4. The third-order valence-corrected chi connectivity index (χ3v) is 2.94. The average Bonchev–Trinajstić information content (AvgIpc) is 3.04. The molecule has 3 rings (SSSR count). The predicted molar refractivity (Wildman–Crippen MR) is 63.5 cm³/mol. The van der Waals surface area contributed by atoms with Crippen molar-refractivity contribution in [3.63, 3.8) is 0 Å². The number of methoxy groups -OCH3 is 1. The molecule has 0 spiro atoms. The Kier molecular flexibility index (Phi) is 2.91. The van der Waals surface area contributed by atoms with E-state index in [4.69, 9.17) is 9.26 Å². The summed E-state index contributed by atoms with van der Waals surface area (Å²) in [5.41, 5.74) is 1.12. The lowest BCUT2D eigenvalue weighted by Crippen LogP contribution is -2.07. The van der Waals surface area contributed by atoms with Gasteiger partial charge in [0.15, 0.2) is 6.10 Å². The van der Waals surface area contributed by atoms with E-state index in [0.717, 1.165) is 11.3 Å². The molecule has 1 atom stereocenters. The highest BCUT2D eigenvalue weighted by molar-refractivity contribution is 5.71. The minimum Gasteiger partial charge on any atom is -0.482 e. The molecule has 0 radical (unpaired) electrons. The van der Waals surface area contributed by atoms with E-state index in [0.29, 0.717) is 12.2 Å². The van der Waals surface area contributed by atoms with Crippen LogP contribution in [-0.4, -0.2) is 23.2 Å². The van der Waals surface area contributed by atoms with E-state index in [1.807, 2.05) is 24.3 Å². The van der Waals surface area contributed by atoms with Crippen LogP contribution >= 0.6 is 0 Å². The van der Waals surface area contributed by atoms with Crippen molar-refractivity contribution < 1.29 is 18.8 Å². The van der Waals surface area contributed by atoms with Crippen LogP contribution < -0.4 is 4.74 Å². The van der Waals surface area contributed by atoms with E-state index >= 15 is 0 Å². The topological polar surface area (TPSA) is 74.5 Å². The largest absolute Gasteiger partial charge is 0.482 e. The Morgan fingerprint density at radius 1 is 1.47 bits per heavy atom. The SMILES string of the molecule is COC(=O)Cc1nc(C2Cc3ccccc3O2)no1. The Labute approximate surface area is 109 Å². The molecular weight excluding hydrogens is 248 g/mol. The first-order valence-electron chi connectivity index (χ1n) is 5.90. The Balaban J connectivity index is 1.73. The van der Waals surface area contributed by atoms with Crippen LogP contribution in [0.25, 0.3) is 0 Å². The summed E-state index contributed by atoms with van der Waals surface area (Å²) < 4.78 is 15.3. The summed E-state index contributed by atoms with van der Waals surface area (Å²) >= 11 is 0. The van der Waals surface area contributed by atoms with E-state index in [1.54, 1.807) is 0 Å². The fourth-order valence-corrected chi connectivity index (χ4v) is 1.99. The first-order valence-corrected chi connectivity index (χ1v) is 5.90. The van der Waals surface area contributed by atoms with Crippen LogP contribution in [0.5, 0.6) is 5.75 Å². The standard InChI is InChI=1S/C13H12N2O4/c1-17-12(16)7-11-14-13(15-19-11)10-6-8-4-2-3-5-9(8)18-10/h2-5,10H,6-7H2,1H3. The highest BCUT2D eigenvalue weighted by Gasteiger charge is 2.28. The average molecular weight is 260 g/mol. The maximum atomic E-state index is 11.1. The van der Waals surface area contributed by atoms with Gasteiger partial charge in [0, 0.05) is 6.42 Å². The summed E-state index contributed by atoms with van der Waals surface area (Å²) in [5, 5.41) is 3.85. The molecule has 6 heteroatoms. The number of aromatic nitrogens is 2. The highest BCUT2D eigenvalue weighted by atomic mass is 16.5. The molecule has 98 valence electrons. The van der Waals surface area contributed by atoms with Gasteiger partial charge in [-0.25, -0.2) is 0 Å². The molecule has 1 aromatic carbocycles. The van der Waals surface area contributed by atoms with Crippen LogP contribution in [0, 0.1) is 0 Å². The van der Waals surface area contributed by atoms with Crippen LogP contribution in [0.3, 0.4) is 0 Å². The summed E-state index contributed by atoms with van der Waals surface area (Å²) in [6.07, 6.45) is 0.420. The molecule has 0 bridgehead atoms. The van der Waals surface area contributed by atoms with Crippen LogP contribution in [0.1, 0.15) is 23.4 Å². The predicted octanol–water partition coefficient (Wildman–Crippen LogP) is 1.46. The molecule has 0 saturated carbocycles. The maximum Gasteiger partial charge on any atom is 0.315 e. The van der Waals surface area contributed by atoms with Gasteiger partial charge in [-0.15, -0.1) is 0 Å². The van der Waals surface area contributed by atoms with E-state index in [1.165, 1.54) is 7.11 Å². The smallest absolute Gasteiger partial charge is 0.315 e. The maximum absolute atomic E-state index is 11.1. The number of ether oxygens (including phenoxy) is 2. The van der Waals surface area contributed by atoms with Crippen molar-refractivity contribution in [2.24, 2.45) is 0 Å². The van der Waals surface area contributed by atoms with E-state index in [-0.39, 0.29) is 18.4 Å². The molecule has 0 saturated heterocycles. The normalized spacial score (nSPS) is 16.8. The molecule has 2 heterocycles. The fraction of sp³-hybridized carbons (Fsp3) is 0.308. The van der Waals surface area contributed by atoms with Gasteiger partial charge in [0.2, 0.25) is 11.7 Å². The summed E-state index contributed by atoms with van der Waals surface area (Å²) in [4.78, 5) is 15.3. The molecule has 0 fully saturated rings. The zero-order valence-electron chi connectivity index (χ0n) is 10.3. The summed E-state index contributed by atoms with van der Waals surface area (Å²) in [6.45, 7) is 0. The second-order valence-electron chi connectivity index (χ2n) is 4.22. The Bertz CT molecular complexity index is 583. The van der Waals surface area contributed by atoms with E-state index in [2.05, 4.69) is 14.9 Å². The van der Waals surface area contributed by atoms with Crippen LogP contribution in [0.2, 0.25) is 0 Å². The number of nitrogens with zero attached hydrogens (tertiary/aromatic N) is 2. The lowest BCUT2D eigenvalue weighted by Gasteiger charge is -2.04. The molecule has 1 aliphatic rings. The highest BCUT2D eigenvalue weighted by Crippen LogP contribution is 2.35. The second-order valence-corrected chi connectivity index (χ2v) is 4.22. The number of esters is 1. The third kappa shape index (κ3) is 2.29. The number of carbonyl (C=O) groups is 1. The molecule has 19 heavy (non-hydrogen) atoms. The summed E-state index contributed by atoms with van der Waals surface area (Å²) in [5.74, 6) is 1.12. The molecule has 1 aromatic heterocycles. The fourth-order valence-electron chi connectivity index (χ4n) is 1.99. The van der Waals surface area contributed by atoms with Crippen molar-refractivity contribution >= 4 is 5.97 Å². The first kappa shape index (κ1) is 11.7. The van der Waals surface area contributed by atoms with Gasteiger partial charge >= 0.3 is 5.97 Å². The lowest BCUT2D eigenvalue weighted by atomic mass is 10.1. The zero-order chi connectivity index (χ0) is 13.2. The number of hydrogen-bond donors (Lipinski definition) is 0. The molecule has 1 aliphatic heterocycles. The Hall–Kier alpha value is -2.37. The first-order chi connectivity index (χ1) is 9.26. The van der Waals surface area contributed by atoms with Crippen molar-refractivity contribution in [1.29, 1.82) is 0 Å². The minimum atomic E-state index is -0.411. The van der Waals surface area contributed by atoms with Gasteiger partial charge in [-0.3, -0.25) is 4.79 Å². The minimum absolute atomic E-state index is 0.0246. The van der Waals surface area contributed by atoms with Crippen LogP contribution in [-0.2, 0) is 22.4 Å². The van der Waals surface area contributed by atoms with E-state index in [9.17, 15) is 4.79 Å². The molecule has 0 amide bonds. The lowest BCUT2D eigenvalue weighted by molar-refractivity contribution is -0.140. The van der Waals surface area contributed by atoms with Crippen LogP contribution in [0.15, 0.2) is 28.8 Å². The monoisotopic (exact) mass is 260 g/mol. The van der Waals surface area contributed by atoms with Crippen molar-refractivity contribution in [1.82, 2.24) is 10.1 Å². The van der Waals surface area contributed by atoms with Crippen molar-refractivity contribution in [3.05, 3.63) is 41.5 Å². The van der Waals surface area contributed by atoms with Gasteiger partial charge in [-0.1, -0.05) is 23.4 Å². The van der Waals surface area contributed by atoms with Gasteiger partial charge in [0.05, 0.1) is 7.11 Å². The number of carbonyl (C=O) groups excluding carboxylic acids is 1. The van der Waals surface area contributed by atoms with Gasteiger partial charge in [-0.05, 0) is 11.6 Å². The number of rotatable bonds is 3. The summed E-state index contributed by atoms with van der Waals surface area (Å²) in [6, 6.07) is 7.79. The van der Waals surface area contributed by atoms with E-state index < -0.39 is 5.97 Å². The van der Waals surface area contributed by atoms with Gasteiger partial charge in [0.25, 0.3) is 0 Å². The molecule has 1 unspecified atom stereocenters. The Morgan fingerprint density at radius 2 is 2.32 bits per heavy atom. The number of para-hydroxylation sites is 1. The number of fused-ring (bicyclic) bond motifs is 1. The number of hydrogen-bond acceptors (Lipinski definition) is 6. The van der Waals surface area contributed by atoms with Crippen molar-refractivity contribution in [2.75, 3.05) is 7.11 Å². The zero-order valence-corrected chi connectivity index (χ0v) is 10.3. The van der Waals surface area contributed by atoms with Crippen molar-refractivity contribution in [3.8, 4) is 5.75 Å². The summed E-state index contributed by atoms with van der Waals surface area (Å²) in [7, 11) is 1.32. The van der Waals surface area contributed by atoms with Gasteiger partial charge in [0.1, 0.15) is 12.2 Å². The van der Waals surface area contributed by atoms with Gasteiger partial charge < -0.3 is 14.0 Å². The molecule has 2 aromatic rings. The number of benzene rings is 1. The van der Waals surface area contributed by atoms with Crippen LogP contribution in [0.4, 0.5) is 0 Å². The Morgan fingerprint density at radius 3 is 3.11 bits per heavy atom. The van der Waals surface area contributed by atoms with Gasteiger partial charge in [-0.2, -0.15) is 4.98 Å². The van der Waals surface area contributed by atoms with Crippen molar-refractivity contribution in [2.45, 2.75) is 18.9 Å². The quantitative estimate of drug-likeness (QED) is 0.778.